The Bertz CT molecular complexity index is 1100. The zero-order valence-corrected chi connectivity index (χ0v) is 14.6. The van der Waals surface area contributed by atoms with Gasteiger partial charge < -0.3 is 10.4 Å². The molecular formula is C21H15N3O4. The van der Waals surface area contributed by atoms with Gasteiger partial charge in [0.25, 0.3) is 17.7 Å². The van der Waals surface area contributed by atoms with Crippen molar-refractivity contribution in [2.45, 2.75) is 6.54 Å². The molecule has 0 fully saturated rings. The van der Waals surface area contributed by atoms with Gasteiger partial charge in [0.2, 0.25) is 0 Å². The van der Waals surface area contributed by atoms with Crippen LogP contribution in [0.1, 0.15) is 36.6 Å². The molecule has 1 aliphatic heterocycles. The van der Waals surface area contributed by atoms with Crippen molar-refractivity contribution >= 4 is 23.4 Å². The van der Waals surface area contributed by atoms with Gasteiger partial charge in [-0.05, 0) is 42.0 Å². The van der Waals surface area contributed by atoms with Crippen LogP contribution in [0.5, 0.6) is 5.75 Å². The number of amides is 3. The van der Waals surface area contributed by atoms with Crippen LogP contribution in [0, 0.1) is 0 Å². The highest BCUT2D eigenvalue weighted by atomic mass is 16.3. The predicted octanol–water partition coefficient (Wildman–Crippen LogP) is 2.84. The highest BCUT2D eigenvalue weighted by Gasteiger charge is 2.36. The van der Waals surface area contributed by atoms with Crippen molar-refractivity contribution in [1.82, 2.24) is 9.88 Å². The first kappa shape index (κ1) is 17.4. The van der Waals surface area contributed by atoms with Crippen molar-refractivity contribution in [1.29, 1.82) is 0 Å². The second-order valence-corrected chi connectivity index (χ2v) is 6.29. The van der Waals surface area contributed by atoms with Crippen molar-refractivity contribution in [3.05, 3.63) is 89.2 Å². The number of aromatic hydroxyl groups is 1. The van der Waals surface area contributed by atoms with Crippen LogP contribution in [0.3, 0.4) is 0 Å². The highest BCUT2D eigenvalue weighted by molar-refractivity contribution is 6.22. The second-order valence-electron chi connectivity index (χ2n) is 6.29. The number of phenolic OH excluding ortho intramolecular Hbond substituents is 1. The summed E-state index contributed by atoms with van der Waals surface area (Å²) in [6.45, 7) is 0.111. The number of nitrogens with zero attached hydrogens (tertiary/aromatic N) is 2. The van der Waals surface area contributed by atoms with Gasteiger partial charge in [0.15, 0.2) is 0 Å². The Hall–Kier alpha value is -4.00. The minimum Gasteiger partial charge on any atom is -0.506 e. The average molecular weight is 373 g/mol. The van der Waals surface area contributed by atoms with Crippen molar-refractivity contribution < 1.29 is 19.5 Å². The summed E-state index contributed by atoms with van der Waals surface area (Å²) in [4.78, 5) is 42.9. The quantitative estimate of drug-likeness (QED) is 0.541. The molecule has 7 heteroatoms. The van der Waals surface area contributed by atoms with Crippen LogP contribution in [0.4, 0.5) is 5.69 Å². The Morgan fingerprint density at radius 2 is 1.79 bits per heavy atom. The molecule has 28 heavy (non-hydrogen) atoms. The summed E-state index contributed by atoms with van der Waals surface area (Å²) in [6.07, 6.45) is 3.20. The number of pyridine rings is 1. The van der Waals surface area contributed by atoms with Gasteiger partial charge in [-0.15, -0.1) is 0 Å². The number of carbonyl (C=O) groups excluding carboxylic acids is 3. The lowest BCUT2D eigenvalue weighted by Gasteiger charge is -2.13. The third-order valence-electron chi connectivity index (χ3n) is 4.45. The average Bonchev–Trinajstić information content (AvgIpc) is 2.95. The van der Waals surface area contributed by atoms with Crippen molar-refractivity contribution in [2.24, 2.45) is 0 Å². The maximum atomic E-state index is 12.7. The summed E-state index contributed by atoms with van der Waals surface area (Å²) in [5.74, 6) is -1.42. The fourth-order valence-electron chi connectivity index (χ4n) is 3.02. The lowest BCUT2D eigenvalue weighted by atomic mass is 10.1. The van der Waals surface area contributed by atoms with E-state index in [1.165, 1.54) is 24.3 Å². The maximum absolute atomic E-state index is 12.7. The van der Waals surface area contributed by atoms with Crippen molar-refractivity contribution in [3.63, 3.8) is 0 Å². The molecule has 0 atom stereocenters. The summed E-state index contributed by atoms with van der Waals surface area (Å²) in [6, 6.07) is 14.2. The molecule has 3 aromatic rings. The number of carbonyl (C=O) groups is 3. The molecule has 0 saturated heterocycles. The molecular weight excluding hydrogens is 358 g/mol. The van der Waals surface area contributed by atoms with Crippen molar-refractivity contribution in [3.8, 4) is 5.75 Å². The van der Waals surface area contributed by atoms with Crippen LogP contribution in [-0.4, -0.2) is 32.7 Å². The number of anilines is 1. The summed E-state index contributed by atoms with van der Waals surface area (Å²) < 4.78 is 0. The Kier molecular flexibility index (Phi) is 4.33. The minimum absolute atomic E-state index is 0.0640. The van der Waals surface area contributed by atoms with Gasteiger partial charge in [0, 0.05) is 18.0 Å². The Labute approximate surface area is 160 Å². The summed E-state index contributed by atoms with van der Waals surface area (Å²) >= 11 is 0. The number of hydrogen-bond donors (Lipinski definition) is 2. The molecule has 4 rings (SSSR count). The first-order valence-corrected chi connectivity index (χ1v) is 8.53. The molecule has 2 heterocycles. The largest absolute Gasteiger partial charge is 0.506 e. The smallest absolute Gasteiger partial charge is 0.261 e. The van der Waals surface area contributed by atoms with Gasteiger partial charge >= 0.3 is 0 Å². The molecule has 1 aliphatic rings. The Morgan fingerprint density at radius 3 is 2.54 bits per heavy atom. The van der Waals surface area contributed by atoms with Gasteiger partial charge in [0.05, 0.1) is 23.4 Å². The molecule has 0 spiro atoms. The van der Waals surface area contributed by atoms with Crippen LogP contribution in [-0.2, 0) is 6.54 Å². The lowest BCUT2D eigenvalue weighted by Crippen LogP contribution is -2.29. The fourth-order valence-corrected chi connectivity index (χ4v) is 3.02. The molecule has 0 saturated carbocycles. The molecule has 0 unspecified atom stereocenters. The molecule has 0 bridgehead atoms. The second kappa shape index (κ2) is 6.96. The van der Waals surface area contributed by atoms with Crippen LogP contribution in [0.2, 0.25) is 0 Å². The normalized spacial score (nSPS) is 12.8. The Morgan fingerprint density at radius 1 is 1.00 bits per heavy atom. The van der Waals surface area contributed by atoms with E-state index < -0.39 is 17.7 Å². The van der Waals surface area contributed by atoms with E-state index in [0.29, 0.717) is 0 Å². The van der Waals surface area contributed by atoms with E-state index in [2.05, 4.69) is 10.3 Å². The zero-order chi connectivity index (χ0) is 19.7. The molecule has 1 aromatic heterocycles. The molecule has 2 aromatic carbocycles. The van der Waals surface area contributed by atoms with Crippen LogP contribution in [0.25, 0.3) is 0 Å². The van der Waals surface area contributed by atoms with Gasteiger partial charge in [-0.1, -0.05) is 18.2 Å². The third-order valence-corrected chi connectivity index (χ3v) is 4.45. The van der Waals surface area contributed by atoms with E-state index in [4.69, 9.17) is 0 Å². The number of phenols is 1. The number of hydrogen-bond acceptors (Lipinski definition) is 5. The molecule has 0 radical (unpaired) electrons. The lowest BCUT2D eigenvalue weighted by molar-refractivity contribution is 0.0642. The van der Waals surface area contributed by atoms with Crippen molar-refractivity contribution in [2.75, 3.05) is 5.32 Å². The summed E-state index contributed by atoms with van der Waals surface area (Å²) in [5.41, 5.74) is 1.64. The number of benzene rings is 2. The van der Waals surface area contributed by atoms with E-state index in [1.807, 2.05) is 0 Å². The topological polar surface area (TPSA) is 99.6 Å². The number of para-hydroxylation sites is 2. The number of rotatable bonds is 4. The predicted molar refractivity (Wildman–Crippen MR) is 101 cm³/mol. The molecule has 2 N–H and O–H groups in total. The fraction of sp³-hybridized carbons (Fsp3) is 0.0476. The van der Waals surface area contributed by atoms with Gasteiger partial charge in [-0.2, -0.15) is 0 Å². The number of nitrogens with one attached hydrogen (secondary N) is 1. The van der Waals surface area contributed by atoms with Crippen LogP contribution >= 0.6 is 0 Å². The van der Waals surface area contributed by atoms with Gasteiger partial charge in [-0.3, -0.25) is 24.3 Å². The molecule has 0 aliphatic carbocycles. The van der Waals surface area contributed by atoms with Crippen LogP contribution in [0.15, 0.2) is 67.0 Å². The summed E-state index contributed by atoms with van der Waals surface area (Å²) in [5, 5.41) is 12.4. The molecule has 7 nitrogen and oxygen atoms in total. The third kappa shape index (κ3) is 3.09. The van der Waals surface area contributed by atoms with Crippen LogP contribution < -0.4 is 5.32 Å². The first-order chi connectivity index (χ1) is 13.5. The first-order valence-electron chi connectivity index (χ1n) is 8.53. The monoisotopic (exact) mass is 373 g/mol. The highest BCUT2D eigenvalue weighted by Crippen LogP contribution is 2.27. The SMILES string of the molecule is O=C(Nc1ccccc1O)c1ccc2c(c1)C(=O)N(Cc1cccnc1)C2=O. The minimum atomic E-state index is -0.491. The van der Waals surface area contributed by atoms with E-state index in [1.54, 1.807) is 42.7 Å². The van der Waals surface area contributed by atoms with E-state index in [-0.39, 0.29) is 34.7 Å². The van der Waals surface area contributed by atoms with Gasteiger partial charge in [0.1, 0.15) is 5.75 Å². The number of aromatic nitrogens is 1. The summed E-state index contributed by atoms with van der Waals surface area (Å²) in [7, 11) is 0. The van der Waals surface area contributed by atoms with Gasteiger partial charge in [-0.25, -0.2) is 0 Å². The molecule has 138 valence electrons. The van der Waals surface area contributed by atoms with E-state index >= 15 is 0 Å². The number of fused-ring (bicyclic) bond motifs is 1. The maximum Gasteiger partial charge on any atom is 0.261 e. The van der Waals surface area contributed by atoms with E-state index in [9.17, 15) is 19.5 Å². The molecule has 3 amide bonds. The number of imide groups is 1. The van der Waals surface area contributed by atoms with E-state index in [0.717, 1.165) is 10.5 Å². The zero-order valence-electron chi connectivity index (χ0n) is 14.6. The Balaban J connectivity index is 1.58. The standard InChI is InChI=1S/C21H15N3O4/c25-18-6-2-1-5-17(18)23-19(26)14-7-8-15-16(10-14)21(28)24(20(15)27)12-13-4-3-9-22-11-13/h1-11,25H,12H2,(H,23,26).